The first-order chi connectivity index (χ1) is 12.5. The summed E-state index contributed by atoms with van der Waals surface area (Å²) in [5.74, 6) is 1.99. The summed E-state index contributed by atoms with van der Waals surface area (Å²) in [6.45, 7) is 4.51. The first kappa shape index (κ1) is 18.2. The maximum Gasteiger partial charge on any atom is 0.332 e. The fraction of sp³-hybridized carbons (Fsp3) is 0.333. The fourth-order valence-corrected chi connectivity index (χ4v) is 3.41. The molecule has 1 aromatic carbocycles. The maximum absolute atomic E-state index is 12.6. The zero-order valence-electron chi connectivity index (χ0n) is 15.1. The summed E-state index contributed by atoms with van der Waals surface area (Å²) in [6.07, 6.45) is 0. The van der Waals surface area contributed by atoms with Gasteiger partial charge >= 0.3 is 5.69 Å². The quantitative estimate of drug-likeness (QED) is 0.505. The van der Waals surface area contributed by atoms with Gasteiger partial charge in [-0.1, -0.05) is 6.92 Å². The first-order valence-corrected chi connectivity index (χ1v) is 9.30. The second-order valence-electron chi connectivity index (χ2n) is 5.65. The van der Waals surface area contributed by atoms with E-state index in [-0.39, 0.29) is 5.56 Å². The molecule has 0 radical (unpaired) electrons. The van der Waals surface area contributed by atoms with Crippen LogP contribution in [0.4, 0.5) is 0 Å². The predicted octanol–water partition coefficient (Wildman–Crippen LogP) is 2.20. The molecule has 8 heteroatoms. The average molecular weight is 372 g/mol. The Morgan fingerprint density at radius 2 is 1.73 bits per heavy atom. The smallest absolute Gasteiger partial charge is 0.332 e. The Balaban J connectivity index is 2.28. The summed E-state index contributed by atoms with van der Waals surface area (Å²) >= 11 is 1.46. The third-order valence-electron chi connectivity index (χ3n) is 3.97. The summed E-state index contributed by atoms with van der Waals surface area (Å²) in [5.41, 5.74) is 0.345. The molecule has 0 saturated carbocycles. The second-order valence-corrected chi connectivity index (χ2v) is 6.90. The predicted molar refractivity (Wildman–Crippen MR) is 103 cm³/mol. The number of benzene rings is 1. The van der Waals surface area contributed by atoms with Crippen molar-refractivity contribution in [1.29, 1.82) is 0 Å². The van der Waals surface area contributed by atoms with Gasteiger partial charge in [0.1, 0.15) is 16.2 Å². The standard InChI is InChI=1S/C18H20N4O3S/c1-5-25-12-9-7-11(8-10-12)14-19-15-13(16(20-14)26-6-2)17(23)22(4)18(24)21(15)3/h7-10H,5-6H2,1-4H3. The van der Waals surface area contributed by atoms with Crippen LogP contribution in [0.5, 0.6) is 5.75 Å². The number of ether oxygens (including phenoxy) is 1. The molecular formula is C18H20N4O3S. The van der Waals surface area contributed by atoms with Crippen LogP contribution < -0.4 is 16.0 Å². The van der Waals surface area contributed by atoms with E-state index in [1.165, 1.54) is 23.4 Å². The molecule has 0 spiro atoms. The molecule has 0 bridgehead atoms. The van der Waals surface area contributed by atoms with Gasteiger partial charge < -0.3 is 4.74 Å². The summed E-state index contributed by atoms with van der Waals surface area (Å²) < 4.78 is 7.93. The van der Waals surface area contributed by atoms with E-state index in [0.717, 1.165) is 21.6 Å². The molecule has 0 amide bonds. The van der Waals surface area contributed by atoms with E-state index in [1.807, 2.05) is 38.1 Å². The van der Waals surface area contributed by atoms with Crippen molar-refractivity contribution in [2.75, 3.05) is 12.4 Å². The van der Waals surface area contributed by atoms with Gasteiger partial charge in [0.25, 0.3) is 5.56 Å². The highest BCUT2D eigenvalue weighted by molar-refractivity contribution is 7.99. The molecule has 0 fully saturated rings. The van der Waals surface area contributed by atoms with Crippen LogP contribution in [-0.2, 0) is 14.1 Å². The van der Waals surface area contributed by atoms with Gasteiger partial charge in [0.05, 0.1) is 6.61 Å². The van der Waals surface area contributed by atoms with Crippen molar-refractivity contribution in [3.05, 3.63) is 45.1 Å². The molecule has 0 saturated heterocycles. The van der Waals surface area contributed by atoms with Gasteiger partial charge in [-0.25, -0.2) is 14.8 Å². The van der Waals surface area contributed by atoms with E-state index in [4.69, 9.17) is 4.74 Å². The van der Waals surface area contributed by atoms with Gasteiger partial charge in [0, 0.05) is 19.7 Å². The second kappa shape index (κ2) is 7.33. The van der Waals surface area contributed by atoms with Gasteiger partial charge in [0.15, 0.2) is 11.5 Å². The van der Waals surface area contributed by atoms with Gasteiger partial charge in [0.2, 0.25) is 0 Å². The SMILES string of the molecule is CCOc1ccc(-c2nc(SCC)c3c(=O)n(C)c(=O)n(C)c3n2)cc1. The Bertz CT molecular complexity index is 1070. The minimum Gasteiger partial charge on any atom is -0.494 e. The van der Waals surface area contributed by atoms with Crippen molar-refractivity contribution >= 4 is 22.8 Å². The van der Waals surface area contributed by atoms with Crippen LogP contribution in [0.15, 0.2) is 38.9 Å². The molecule has 7 nitrogen and oxygen atoms in total. The minimum atomic E-state index is -0.411. The number of thioether (sulfide) groups is 1. The minimum absolute atomic E-state index is 0.341. The molecule has 2 aromatic heterocycles. The molecule has 0 N–H and O–H groups in total. The molecule has 0 aliphatic rings. The molecular weight excluding hydrogens is 352 g/mol. The van der Waals surface area contributed by atoms with Crippen LogP contribution in [0.1, 0.15) is 13.8 Å². The van der Waals surface area contributed by atoms with Crippen LogP contribution in [0.3, 0.4) is 0 Å². The van der Waals surface area contributed by atoms with Gasteiger partial charge in [-0.2, -0.15) is 0 Å². The largest absolute Gasteiger partial charge is 0.494 e. The highest BCUT2D eigenvalue weighted by Crippen LogP contribution is 2.26. The number of aryl methyl sites for hydroxylation is 1. The van der Waals surface area contributed by atoms with Crippen LogP contribution in [0.2, 0.25) is 0 Å². The molecule has 3 aromatic rings. The summed E-state index contributed by atoms with van der Waals surface area (Å²) in [4.78, 5) is 34.0. The third-order valence-corrected chi connectivity index (χ3v) is 4.83. The van der Waals surface area contributed by atoms with Gasteiger partial charge in [-0.05, 0) is 36.9 Å². The Labute approximate surface area is 154 Å². The third kappa shape index (κ3) is 3.12. The van der Waals surface area contributed by atoms with Crippen molar-refractivity contribution in [3.63, 3.8) is 0 Å². The Kier molecular flexibility index (Phi) is 5.13. The van der Waals surface area contributed by atoms with E-state index >= 15 is 0 Å². The molecule has 0 atom stereocenters. The van der Waals surface area contributed by atoms with Crippen molar-refractivity contribution in [3.8, 4) is 17.1 Å². The average Bonchev–Trinajstić information content (AvgIpc) is 2.65. The molecule has 0 unspecified atom stereocenters. The van der Waals surface area contributed by atoms with Gasteiger partial charge in [-0.3, -0.25) is 13.9 Å². The Hall–Kier alpha value is -2.61. The van der Waals surface area contributed by atoms with E-state index in [2.05, 4.69) is 9.97 Å². The number of aromatic nitrogens is 4. The lowest BCUT2D eigenvalue weighted by molar-refractivity contribution is 0.340. The molecule has 136 valence electrons. The number of nitrogens with zero attached hydrogens (tertiary/aromatic N) is 4. The zero-order valence-corrected chi connectivity index (χ0v) is 16.0. The number of fused-ring (bicyclic) bond motifs is 1. The van der Waals surface area contributed by atoms with Gasteiger partial charge in [-0.15, -0.1) is 11.8 Å². The van der Waals surface area contributed by atoms with E-state index in [9.17, 15) is 9.59 Å². The van der Waals surface area contributed by atoms with Crippen molar-refractivity contribution in [1.82, 2.24) is 19.1 Å². The number of hydrogen-bond acceptors (Lipinski definition) is 6. The van der Waals surface area contributed by atoms with Crippen LogP contribution in [0, 0.1) is 0 Å². The molecule has 0 aliphatic heterocycles. The summed E-state index contributed by atoms with van der Waals surface area (Å²) in [5, 5.41) is 0.953. The summed E-state index contributed by atoms with van der Waals surface area (Å²) in [6, 6.07) is 7.43. The molecule has 26 heavy (non-hydrogen) atoms. The monoisotopic (exact) mass is 372 g/mol. The molecule has 2 heterocycles. The lowest BCUT2D eigenvalue weighted by Crippen LogP contribution is -2.37. The van der Waals surface area contributed by atoms with Crippen molar-refractivity contribution in [2.45, 2.75) is 18.9 Å². The van der Waals surface area contributed by atoms with E-state index in [1.54, 1.807) is 7.05 Å². The maximum atomic E-state index is 12.6. The van der Waals surface area contributed by atoms with Crippen molar-refractivity contribution in [2.24, 2.45) is 14.1 Å². The lowest BCUT2D eigenvalue weighted by atomic mass is 10.2. The number of hydrogen-bond donors (Lipinski definition) is 0. The van der Waals surface area contributed by atoms with E-state index in [0.29, 0.717) is 28.5 Å². The molecule has 3 rings (SSSR count). The fourth-order valence-electron chi connectivity index (χ4n) is 2.67. The Morgan fingerprint density at radius 1 is 1.04 bits per heavy atom. The topological polar surface area (TPSA) is 79.0 Å². The van der Waals surface area contributed by atoms with E-state index < -0.39 is 5.69 Å². The van der Waals surface area contributed by atoms with Crippen molar-refractivity contribution < 1.29 is 4.74 Å². The summed E-state index contributed by atoms with van der Waals surface area (Å²) in [7, 11) is 3.07. The highest BCUT2D eigenvalue weighted by atomic mass is 32.2. The lowest BCUT2D eigenvalue weighted by Gasteiger charge is -2.11. The van der Waals surface area contributed by atoms with Crippen LogP contribution in [0.25, 0.3) is 22.4 Å². The zero-order chi connectivity index (χ0) is 18.8. The first-order valence-electron chi connectivity index (χ1n) is 8.31. The van der Waals surface area contributed by atoms with Crippen LogP contribution >= 0.6 is 11.8 Å². The number of rotatable bonds is 5. The molecule has 0 aliphatic carbocycles. The normalized spacial score (nSPS) is 11.1. The Morgan fingerprint density at radius 3 is 2.35 bits per heavy atom. The highest BCUT2D eigenvalue weighted by Gasteiger charge is 2.17. The van der Waals surface area contributed by atoms with Crippen LogP contribution in [-0.4, -0.2) is 31.5 Å².